The van der Waals surface area contributed by atoms with E-state index in [9.17, 15) is 22.0 Å². The first-order chi connectivity index (χ1) is 11.6. The van der Waals surface area contributed by atoms with Crippen molar-refractivity contribution < 1.29 is 22.0 Å². The Morgan fingerprint density at radius 2 is 1.40 bits per heavy atom. The molecule has 0 unspecified atom stereocenters. The summed E-state index contributed by atoms with van der Waals surface area (Å²) in [5, 5.41) is 0. The van der Waals surface area contributed by atoms with Gasteiger partial charge in [0.15, 0.2) is 23.3 Å². The molecule has 0 aromatic heterocycles. The van der Waals surface area contributed by atoms with Gasteiger partial charge in [0.25, 0.3) is 0 Å². The molecule has 6 heteroatoms. The average Bonchev–Trinajstić information content (AvgIpc) is 2.58. The minimum Gasteiger partial charge on any atom is -0.246 e. The minimum absolute atomic E-state index is 0.167. The van der Waals surface area contributed by atoms with Crippen LogP contribution in [0.5, 0.6) is 0 Å². The van der Waals surface area contributed by atoms with Gasteiger partial charge >= 0.3 is 0 Å². The molecule has 25 heavy (non-hydrogen) atoms. The Balaban J connectivity index is 2.64. The van der Waals surface area contributed by atoms with Crippen molar-refractivity contribution in [2.75, 3.05) is 0 Å². The molecular weight excluding hydrogens is 337 g/mol. The molecule has 0 radical (unpaired) electrons. The van der Waals surface area contributed by atoms with Gasteiger partial charge in [0, 0.05) is 5.71 Å². The van der Waals surface area contributed by atoms with Gasteiger partial charge in [-0.05, 0) is 29.0 Å². The van der Waals surface area contributed by atoms with Gasteiger partial charge in [-0.1, -0.05) is 45.9 Å². The first-order valence-corrected chi connectivity index (χ1v) is 7.77. The molecule has 0 fully saturated rings. The van der Waals surface area contributed by atoms with Crippen LogP contribution in [0, 0.1) is 29.1 Å². The van der Waals surface area contributed by atoms with Gasteiger partial charge < -0.3 is 0 Å². The van der Waals surface area contributed by atoms with Crippen molar-refractivity contribution >= 4 is 11.4 Å². The lowest BCUT2D eigenvalue weighted by Crippen LogP contribution is -2.12. The van der Waals surface area contributed by atoms with Gasteiger partial charge in [-0.25, -0.2) is 26.9 Å². The molecule has 0 spiro atoms. The minimum atomic E-state index is -2.19. The maximum Gasteiger partial charge on any atom is 0.200 e. The number of halogens is 5. The van der Waals surface area contributed by atoms with E-state index in [2.05, 4.69) is 4.99 Å². The molecule has 0 atom stereocenters. The third-order valence-corrected chi connectivity index (χ3v) is 3.83. The van der Waals surface area contributed by atoms with Crippen molar-refractivity contribution in [2.45, 2.75) is 39.5 Å². The first-order valence-electron chi connectivity index (χ1n) is 7.77. The van der Waals surface area contributed by atoms with E-state index in [0.717, 1.165) is 5.56 Å². The molecule has 0 aliphatic heterocycles. The Labute approximate surface area is 143 Å². The molecule has 0 aliphatic rings. The van der Waals surface area contributed by atoms with Crippen LogP contribution in [0.1, 0.15) is 45.2 Å². The zero-order valence-electron chi connectivity index (χ0n) is 14.4. The van der Waals surface area contributed by atoms with Crippen molar-refractivity contribution in [1.82, 2.24) is 0 Å². The Kier molecular flexibility index (Phi) is 5.30. The molecule has 0 N–H and O–H groups in total. The number of nitrogens with zero attached hydrogens (tertiary/aromatic N) is 1. The molecule has 1 nitrogen and oxygen atoms in total. The standard InChI is InChI=1S/C19H18F5N/c1-5-12(10-7-6-8-11(9-10)19(2,3)4)25-18-16(23)14(21)13(20)15(22)17(18)24/h6-9H,5H2,1-4H3. The lowest BCUT2D eigenvalue weighted by molar-refractivity contribution is 0.381. The van der Waals surface area contributed by atoms with Crippen LogP contribution in [0.2, 0.25) is 0 Å². The van der Waals surface area contributed by atoms with E-state index >= 15 is 0 Å². The van der Waals surface area contributed by atoms with Crippen LogP contribution >= 0.6 is 0 Å². The second-order valence-corrected chi connectivity index (χ2v) is 6.66. The largest absolute Gasteiger partial charge is 0.246 e. The summed E-state index contributed by atoms with van der Waals surface area (Å²) in [4.78, 5) is 3.75. The maximum atomic E-state index is 13.9. The van der Waals surface area contributed by atoms with E-state index in [1.54, 1.807) is 25.1 Å². The fraction of sp³-hybridized carbons (Fsp3) is 0.316. The quantitative estimate of drug-likeness (QED) is 0.269. The highest BCUT2D eigenvalue weighted by Gasteiger charge is 2.26. The zero-order chi connectivity index (χ0) is 18.9. The summed E-state index contributed by atoms with van der Waals surface area (Å²) in [6, 6.07) is 7.15. The van der Waals surface area contributed by atoms with Gasteiger partial charge in [0.05, 0.1) is 0 Å². The number of rotatable bonds is 3. The molecule has 0 bridgehead atoms. The highest BCUT2D eigenvalue weighted by atomic mass is 19.2. The summed E-state index contributed by atoms with van der Waals surface area (Å²) in [7, 11) is 0. The van der Waals surface area contributed by atoms with Crippen LogP contribution in [0.4, 0.5) is 27.6 Å². The SMILES string of the molecule is CCC(=Nc1c(F)c(F)c(F)c(F)c1F)c1cccc(C(C)(C)C)c1. The summed E-state index contributed by atoms with van der Waals surface area (Å²) in [6.45, 7) is 7.69. The van der Waals surface area contributed by atoms with E-state index in [-0.39, 0.29) is 17.5 Å². The van der Waals surface area contributed by atoms with Gasteiger partial charge in [-0.2, -0.15) is 0 Å². The third kappa shape index (κ3) is 3.72. The lowest BCUT2D eigenvalue weighted by atomic mass is 9.85. The Bertz CT molecular complexity index is 805. The Hall–Kier alpha value is -2.24. The lowest BCUT2D eigenvalue weighted by Gasteiger charge is -2.20. The molecule has 2 rings (SSSR count). The van der Waals surface area contributed by atoms with Crippen molar-refractivity contribution in [3.05, 3.63) is 64.5 Å². The Morgan fingerprint density at radius 3 is 1.88 bits per heavy atom. The first kappa shape index (κ1) is 19.1. The highest BCUT2D eigenvalue weighted by Crippen LogP contribution is 2.31. The normalized spacial score (nSPS) is 12.6. The van der Waals surface area contributed by atoms with Gasteiger partial charge in [-0.3, -0.25) is 0 Å². The predicted molar refractivity (Wildman–Crippen MR) is 87.9 cm³/mol. The van der Waals surface area contributed by atoms with Crippen LogP contribution in [-0.2, 0) is 5.41 Å². The molecule has 0 amide bonds. The molecule has 134 valence electrons. The molecule has 0 saturated carbocycles. The van der Waals surface area contributed by atoms with Gasteiger partial charge in [-0.15, -0.1) is 0 Å². The summed E-state index contributed by atoms with van der Waals surface area (Å²) in [5.74, 6) is -10.1. The molecule has 0 saturated heterocycles. The summed E-state index contributed by atoms with van der Waals surface area (Å²) >= 11 is 0. The van der Waals surface area contributed by atoms with Crippen LogP contribution in [0.15, 0.2) is 29.3 Å². The van der Waals surface area contributed by atoms with Crippen LogP contribution in [-0.4, -0.2) is 5.71 Å². The van der Waals surface area contributed by atoms with E-state index in [4.69, 9.17) is 0 Å². The highest BCUT2D eigenvalue weighted by molar-refractivity contribution is 6.02. The van der Waals surface area contributed by atoms with E-state index in [1.807, 2.05) is 26.8 Å². The predicted octanol–water partition coefficient (Wildman–Crippen LogP) is 6.21. The third-order valence-electron chi connectivity index (χ3n) is 3.83. The number of benzene rings is 2. The van der Waals surface area contributed by atoms with Crippen molar-refractivity contribution in [1.29, 1.82) is 0 Å². The van der Waals surface area contributed by atoms with Gasteiger partial charge in [0.2, 0.25) is 5.82 Å². The number of hydrogen-bond acceptors (Lipinski definition) is 1. The monoisotopic (exact) mass is 355 g/mol. The van der Waals surface area contributed by atoms with Crippen molar-refractivity contribution in [2.24, 2.45) is 4.99 Å². The maximum absolute atomic E-state index is 13.9. The van der Waals surface area contributed by atoms with Gasteiger partial charge in [0.1, 0.15) is 5.69 Å². The topological polar surface area (TPSA) is 12.4 Å². The van der Waals surface area contributed by atoms with Crippen molar-refractivity contribution in [3.8, 4) is 0 Å². The fourth-order valence-corrected chi connectivity index (χ4v) is 2.34. The summed E-state index contributed by atoms with van der Waals surface area (Å²) in [6.07, 6.45) is 0.257. The second kappa shape index (κ2) is 6.94. The fourth-order valence-electron chi connectivity index (χ4n) is 2.34. The smallest absolute Gasteiger partial charge is 0.200 e. The van der Waals surface area contributed by atoms with E-state index < -0.39 is 34.8 Å². The van der Waals surface area contributed by atoms with E-state index in [0.29, 0.717) is 5.56 Å². The average molecular weight is 355 g/mol. The summed E-state index contributed by atoms with van der Waals surface area (Å²) < 4.78 is 67.6. The van der Waals surface area contributed by atoms with Crippen LogP contribution in [0.3, 0.4) is 0 Å². The Morgan fingerprint density at radius 1 is 0.880 bits per heavy atom. The van der Waals surface area contributed by atoms with Crippen molar-refractivity contribution in [3.63, 3.8) is 0 Å². The second-order valence-electron chi connectivity index (χ2n) is 6.66. The van der Waals surface area contributed by atoms with Crippen LogP contribution < -0.4 is 0 Å². The van der Waals surface area contributed by atoms with Crippen LogP contribution in [0.25, 0.3) is 0 Å². The molecule has 2 aromatic rings. The molecule has 2 aromatic carbocycles. The van der Waals surface area contributed by atoms with E-state index in [1.165, 1.54) is 0 Å². The molecule has 0 heterocycles. The molecule has 0 aliphatic carbocycles. The molecular formula is C19H18F5N. The summed E-state index contributed by atoms with van der Waals surface area (Å²) in [5.41, 5.74) is 0.422. The number of aliphatic imine (C=N–C) groups is 1. The zero-order valence-corrected chi connectivity index (χ0v) is 14.4. The number of hydrogen-bond donors (Lipinski definition) is 0.